The minimum absolute atomic E-state index is 0.145. The number of hydrogen-bond donors (Lipinski definition) is 4. The second-order valence-corrected chi connectivity index (χ2v) is 7.36. The van der Waals surface area contributed by atoms with Crippen LogP contribution in [0.15, 0.2) is 77.9 Å². The molecule has 0 aromatic heterocycles. The van der Waals surface area contributed by atoms with Crippen molar-refractivity contribution in [2.24, 2.45) is 5.10 Å². The molecular weight excluding hydrogens is 480 g/mol. The predicted octanol–water partition coefficient (Wildman–Crippen LogP) is 2.89. The van der Waals surface area contributed by atoms with Gasteiger partial charge in [-0.1, -0.05) is 12.1 Å². The van der Waals surface area contributed by atoms with Crippen molar-refractivity contribution in [2.75, 3.05) is 23.8 Å². The van der Waals surface area contributed by atoms with Crippen LogP contribution in [0.25, 0.3) is 0 Å². The molecule has 0 heterocycles. The molecule has 11 heteroatoms. The topological polar surface area (TPSA) is 155 Å². The van der Waals surface area contributed by atoms with Crippen molar-refractivity contribution in [3.8, 4) is 11.5 Å². The number of carbonyl (C=O) groups excluding carboxylic acids is 3. The molecule has 3 aromatic rings. The molecule has 0 radical (unpaired) electrons. The summed E-state index contributed by atoms with van der Waals surface area (Å²) < 4.78 is 10.4. The second-order valence-electron chi connectivity index (χ2n) is 7.36. The fraction of sp³-hybridized carbons (Fsp3) is 0.115. The van der Waals surface area contributed by atoms with Crippen LogP contribution in [0.3, 0.4) is 0 Å². The summed E-state index contributed by atoms with van der Waals surface area (Å²) in [6.07, 6.45) is 1.30. The lowest BCUT2D eigenvalue weighted by atomic mass is 10.1. The van der Waals surface area contributed by atoms with E-state index in [1.807, 2.05) is 6.92 Å². The Morgan fingerprint density at radius 3 is 2.16 bits per heavy atom. The first-order chi connectivity index (χ1) is 17.9. The summed E-state index contributed by atoms with van der Waals surface area (Å²) in [5.74, 6) is -2.61. The Morgan fingerprint density at radius 1 is 0.838 bits per heavy atom. The van der Waals surface area contributed by atoms with Crippen LogP contribution >= 0.6 is 0 Å². The number of benzene rings is 3. The van der Waals surface area contributed by atoms with E-state index < -0.39 is 30.3 Å². The van der Waals surface area contributed by atoms with Crippen LogP contribution in [0.1, 0.15) is 22.8 Å². The number of anilines is 2. The van der Waals surface area contributed by atoms with Crippen LogP contribution in [-0.4, -0.2) is 48.2 Å². The van der Waals surface area contributed by atoms with Gasteiger partial charge in [-0.25, -0.2) is 10.2 Å². The van der Waals surface area contributed by atoms with E-state index in [-0.39, 0.29) is 11.3 Å². The molecule has 3 aromatic carbocycles. The summed E-state index contributed by atoms with van der Waals surface area (Å²) in [6, 6.07) is 19.3. The van der Waals surface area contributed by atoms with E-state index in [1.165, 1.54) is 30.5 Å². The largest absolute Gasteiger partial charge is 0.494 e. The van der Waals surface area contributed by atoms with Gasteiger partial charge in [0, 0.05) is 5.69 Å². The molecule has 0 bridgehead atoms. The van der Waals surface area contributed by atoms with Crippen LogP contribution in [0.2, 0.25) is 0 Å². The summed E-state index contributed by atoms with van der Waals surface area (Å²) in [7, 11) is 0. The highest BCUT2D eigenvalue weighted by Gasteiger charge is 2.18. The molecule has 37 heavy (non-hydrogen) atoms. The van der Waals surface area contributed by atoms with Gasteiger partial charge in [0.1, 0.15) is 11.5 Å². The number of hydrazone groups is 1. The number of ether oxygens (including phenoxy) is 2. The highest BCUT2D eigenvalue weighted by atomic mass is 16.5. The Morgan fingerprint density at radius 2 is 1.49 bits per heavy atom. The van der Waals surface area contributed by atoms with E-state index in [4.69, 9.17) is 14.6 Å². The summed E-state index contributed by atoms with van der Waals surface area (Å²) in [5, 5.41) is 17.5. The lowest BCUT2D eigenvalue weighted by molar-refractivity contribution is -0.139. The van der Waals surface area contributed by atoms with E-state index in [9.17, 15) is 19.2 Å². The summed E-state index contributed by atoms with van der Waals surface area (Å²) >= 11 is 0. The molecule has 4 N–H and O–H groups in total. The van der Waals surface area contributed by atoms with E-state index in [0.29, 0.717) is 29.4 Å². The lowest BCUT2D eigenvalue weighted by Crippen LogP contribution is -2.33. The Labute approximate surface area is 212 Å². The van der Waals surface area contributed by atoms with Gasteiger partial charge in [-0.15, -0.1) is 0 Å². The first kappa shape index (κ1) is 26.4. The van der Waals surface area contributed by atoms with Crippen molar-refractivity contribution in [3.05, 3.63) is 83.9 Å². The Hall–Kier alpha value is -5.19. The molecule has 190 valence electrons. The number of hydrogen-bond acceptors (Lipinski definition) is 7. The molecule has 0 atom stereocenters. The Balaban J connectivity index is 1.56. The second kappa shape index (κ2) is 13.0. The maximum Gasteiger partial charge on any atom is 0.341 e. The van der Waals surface area contributed by atoms with Gasteiger partial charge in [0.2, 0.25) is 0 Å². The third-order valence-electron chi connectivity index (χ3n) is 4.67. The van der Waals surface area contributed by atoms with Crippen molar-refractivity contribution in [1.82, 2.24) is 5.43 Å². The van der Waals surface area contributed by atoms with Crippen molar-refractivity contribution in [2.45, 2.75) is 6.92 Å². The minimum atomic E-state index is -1.09. The third kappa shape index (κ3) is 8.21. The number of carbonyl (C=O) groups is 4. The van der Waals surface area contributed by atoms with Crippen molar-refractivity contribution >= 4 is 41.3 Å². The average Bonchev–Trinajstić information content (AvgIpc) is 2.89. The van der Waals surface area contributed by atoms with Gasteiger partial charge >= 0.3 is 17.8 Å². The van der Waals surface area contributed by atoms with Crippen LogP contribution in [0.4, 0.5) is 11.4 Å². The van der Waals surface area contributed by atoms with Crippen LogP contribution in [0, 0.1) is 0 Å². The zero-order valence-electron chi connectivity index (χ0n) is 19.8. The molecule has 0 spiro atoms. The van der Waals surface area contributed by atoms with Gasteiger partial charge in [-0.05, 0) is 73.2 Å². The lowest BCUT2D eigenvalue weighted by Gasteiger charge is -2.11. The number of para-hydroxylation sites is 1. The molecule has 0 aliphatic heterocycles. The normalized spacial score (nSPS) is 10.4. The maximum atomic E-state index is 12.8. The standard InChI is InChI=1S/C26H24N4O7/c1-2-36-19-13-9-18(10-14-19)28-24(33)21-5-3-4-6-22(21)29-25(34)26(35)30-27-15-17-7-11-20(12-8-17)37-16-23(31)32/h3-15H,2,16H2,1H3,(H,28,33)(H,29,34)(H,30,35)(H,31,32)/b27-15-. The number of amides is 3. The van der Waals surface area contributed by atoms with Gasteiger partial charge in [-0.3, -0.25) is 14.4 Å². The fourth-order valence-corrected chi connectivity index (χ4v) is 2.98. The molecule has 11 nitrogen and oxygen atoms in total. The van der Waals surface area contributed by atoms with Gasteiger partial charge < -0.3 is 25.2 Å². The molecule has 0 aliphatic rings. The quantitative estimate of drug-likeness (QED) is 0.188. The molecule has 0 saturated heterocycles. The molecule has 0 unspecified atom stereocenters. The van der Waals surface area contributed by atoms with E-state index in [1.54, 1.807) is 48.5 Å². The van der Waals surface area contributed by atoms with E-state index in [0.717, 1.165) is 0 Å². The van der Waals surface area contributed by atoms with Gasteiger partial charge in [-0.2, -0.15) is 5.10 Å². The maximum absolute atomic E-state index is 12.8. The van der Waals surface area contributed by atoms with Crippen LogP contribution in [0.5, 0.6) is 11.5 Å². The van der Waals surface area contributed by atoms with Crippen molar-refractivity contribution in [3.63, 3.8) is 0 Å². The van der Waals surface area contributed by atoms with E-state index in [2.05, 4.69) is 21.2 Å². The number of rotatable bonds is 10. The highest BCUT2D eigenvalue weighted by Crippen LogP contribution is 2.20. The zero-order chi connectivity index (χ0) is 26.6. The van der Waals surface area contributed by atoms with Gasteiger partial charge in [0.25, 0.3) is 5.91 Å². The van der Waals surface area contributed by atoms with E-state index >= 15 is 0 Å². The zero-order valence-corrected chi connectivity index (χ0v) is 19.8. The highest BCUT2D eigenvalue weighted by molar-refractivity contribution is 6.40. The molecule has 0 aliphatic carbocycles. The number of carboxylic acids is 1. The van der Waals surface area contributed by atoms with Crippen LogP contribution in [-0.2, 0) is 14.4 Å². The summed E-state index contributed by atoms with van der Waals surface area (Å²) in [6.45, 7) is 1.93. The molecule has 3 rings (SSSR count). The Kier molecular flexibility index (Phi) is 9.31. The van der Waals surface area contributed by atoms with Crippen molar-refractivity contribution < 1.29 is 33.8 Å². The fourth-order valence-electron chi connectivity index (χ4n) is 2.98. The average molecular weight is 504 g/mol. The van der Waals surface area contributed by atoms with Crippen molar-refractivity contribution in [1.29, 1.82) is 0 Å². The number of carboxylic acid groups (broad SMARTS) is 1. The van der Waals surface area contributed by atoms with Crippen LogP contribution < -0.4 is 25.5 Å². The number of nitrogens with one attached hydrogen (secondary N) is 3. The van der Waals surface area contributed by atoms with Gasteiger partial charge in [0.15, 0.2) is 6.61 Å². The monoisotopic (exact) mass is 504 g/mol. The number of aliphatic carboxylic acids is 1. The first-order valence-electron chi connectivity index (χ1n) is 11.1. The predicted molar refractivity (Wildman–Crippen MR) is 136 cm³/mol. The smallest absolute Gasteiger partial charge is 0.341 e. The first-order valence-corrected chi connectivity index (χ1v) is 11.1. The number of nitrogens with zero attached hydrogens (tertiary/aromatic N) is 1. The minimum Gasteiger partial charge on any atom is -0.494 e. The molecule has 0 fully saturated rings. The molecule has 3 amide bonds. The summed E-state index contributed by atoms with van der Waals surface area (Å²) in [4.78, 5) is 47.8. The summed E-state index contributed by atoms with van der Waals surface area (Å²) in [5.41, 5.74) is 3.51. The van der Waals surface area contributed by atoms with Gasteiger partial charge in [0.05, 0.1) is 24.1 Å². The SMILES string of the molecule is CCOc1ccc(NC(=O)c2ccccc2NC(=O)C(=O)N/N=C\c2ccc(OCC(=O)O)cc2)cc1. The molecular formula is C26H24N4O7. The third-order valence-corrected chi connectivity index (χ3v) is 4.67. The Bertz CT molecular complexity index is 1290. The molecule has 0 saturated carbocycles.